The zero-order chi connectivity index (χ0) is 27.8. The van der Waals surface area contributed by atoms with Crippen LogP contribution >= 0.6 is 0 Å². The number of methoxy groups -OCH3 is 1. The summed E-state index contributed by atoms with van der Waals surface area (Å²) in [6.45, 7) is 12.4. The van der Waals surface area contributed by atoms with Crippen molar-refractivity contribution in [1.82, 2.24) is 19.9 Å². The average molecular weight is 528 g/mol. The molecule has 2 aromatic heterocycles. The normalized spacial score (nSPS) is 16.7. The number of anilines is 1. The first-order chi connectivity index (χ1) is 17.8. The highest BCUT2D eigenvalue weighted by molar-refractivity contribution is 5.88. The summed E-state index contributed by atoms with van der Waals surface area (Å²) in [6, 6.07) is 8.39. The van der Waals surface area contributed by atoms with Crippen LogP contribution in [0.3, 0.4) is 0 Å². The molecule has 2 N–H and O–H groups in total. The van der Waals surface area contributed by atoms with Gasteiger partial charge >= 0.3 is 5.92 Å². The van der Waals surface area contributed by atoms with Crippen molar-refractivity contribution in [3.8, 4) is 5.88 Å². The lowest BCUT2D eigenvalue weighted by Crippen LogP contribution is -2.40. The number of rotatable bonds is 8. The van der Waals surface area contributed by atoms with Crippen molar-refractivity contribution in [3.63, 3.8) is 0 Å². The van der Waals surface area contributed by atoms with E-state index in [-0.39, 0.29) is 11.6 Å². The van der Waals surface area contributed by atoms with Gasteiger partial charge in [0.2, 0.25) is 5.88 Å². The molecule has 1 fully saturated rings. The van der Waals surface area contributed by atoms with E-state index in [1.165, 1.54) is 12.1 Å². The number of hydrogen-bond donors (Lipinski definition) is 2. The van der Waals surface area contributed by atoms with Crippen LogP contribution in [-0.2, 0) is 5.92 Å². The van der Waals surface area contributed by atoms with Gasteiger partial charge in [-0.3, -0.25) is 0 Å². The molecule has 0 bridgehead atoms. The number of nitrogens with one attached hydrogen (secondary N) is 1. The van der Waals surface area contributed by atoms with Crippen LogP contribution in [0.1, 0.15) is 81.9 Å². The van der Waals surface area contributed by atoms with Crippen molar-refractivity contribution >= 4 is 16.9 Å². The fourth-order valence-electron chi connectivity index (χ4n) is 5.10. The Labute approximate surface area is 223 Å². The van der Waals surface area contributed by atoms with Crippen LogP contribution in [-0.4, -0.2) is 56.8 Å². The Hall–Kier alpha value is -2.91. The first-order valence-electron chi connectivity index (χ1n) is 13.3. The maximum absolute atomic E-state index is 14.8. The number of alkyl halides is 2. The van der Waals surface area contributed by atoms with Crippen LogP contribution in [0.5, 0.6) is 5.88 Å². The third-order valence-electron chi connectivity index (χ3n) is 7.56. The van der Waals surface area contributed by atoms with Gasteiger partial charge in [-0.15, -0.1) is 0 Å². The van der Waals surface area contributed by atoms with Gasteiger partial charge in [0.05, 0.1) is 12.5 Å². The quantitative estimate of drug-likeness (QED) is 0.374. The molecule has 206 valence electrons. The molecule has 0 radical (unpaired) electrons. The Bertz CT molecular complexity index is 1280. The first-order valence-corrected chi connectivity index (χ1v) is 13.3. The molecule has 3 aromatic rings. The number of aromatic nitrogens is 3. The highest BCUT2D eigenvalue weighted by Crippen LogP contribution is 2.40. The van der Waals surface area contributed by atoms with Gasteiger partial charge < -0.3 is 20.1 Å². The second kappa shape index (κ2) is 10.7. The molecule has 1 atom stereocenters. The zero-order valence-corrected chi connectivity index (χ0v) is 23.3. The lowest BCUT2D eigenvalue weighted by Gasteiger charge is -2.35. The van der Waals surface area contributed by atoms with Crippen LogP contribution in [0.4, 0.5) is 14.6 Å². The molecule has 3 heterocycles. The van der Waals surface area contributed by atoms with E-state index in [2.05, 4.69) is 40.1 Å². The van der Waals surface area contributed by atoms with Gasteiger partial charge in [-0.05, 0) is 91.1 Å². The Morgan fingerprint density at radius 1 is 1.08 bits per heavy atom. The SMILES string of the molecule is COc1nc2nc(C)nc(N[C@H](C)c3cccc(C(F)(F)C(C)(C)O)c3)c2cc1C1CCN(C(C)C)CC1. The van der Waals surface area contributed by atoms with E-state index in [9.17, 15) is 13.9 Å². The molecule has 4 rings (SSSR count). The summed E-state index contributed by atoms with van der Waals surface area (Å²) >= 11 is 0. The van der Waals surface area contributed by atoms with Gasteiger partial charge in [0.1, 0.15) is 17.2 Å². The fourth-order valence-corrected chi connectivity index (χ4v) is 5.10. The van der Waals surface area contributed by atoms with Crippen LogP contribution in [0.25, 0.3) is 11.0 Å². The first kappa shape index (κ1) is 28.1. The number of halogens is 2. The van der Waals surface area contributed by atoms with Crippen LogP contribution in [0.2, 0.25) is 0 Å². The lowest BCUT2D eigenvalue weighted by atomic mass is 9.89. The molecular formula is C29H39F2N5O2. The minimum atomic E-state index is -3.40. The van der Waals surface area contributed by atoms with Gasteiger partial charge in [-0.25, -0.2) is 9.97 Å². The van der Waals surface area contributed by atoms with Crippen LogP contribution in [0.15, 0.2) is 30.3 Å². The average Bonchev–Trinajstić information content (AvgIpc) is 2.87. The summed E-state index contributed by atoms with van der Waals surface area (Å²) < 4.78 is 35.4. The molecule has 1 aliphatic heterocycles. The molecule has 1 aromatic carbocycles. The maximum atomic E-state index is 14.8. The van der Waals surface area contributed by atoms with E-state index in [0.717, 1.165) is 50.7 Å². The van der Waals surface area contributed by atoms with E-state index in [1.54, 1.807) is 26.2 Å². The third-order valence-corrected chi connectivity index (χ3v) is 7.56. The number of pyridine rings is 1. The van der Waals surface area contributed by atoms with Gasteiger partial charge in [-0.2, -0.15) is 13.8 Å². The largest absolute Gasteiger partial charge is 0.481 e. The second-order valence-electron chi connectivity index (χ2n) is 11.1. The molecule has 38 heavy (non-hydrogen) atoms. The molecule has 7 nitrogen and oxygen atoms in total. The molecule has 0 unspecified atom stereocenters. The van der Waals surface area contributed by atoms with Crippen LogP contribution < -0.4 is 10.1 Å². The summed E-state index contributed by atoms with van der Waals surface area (Å²) in [5, 5.41) is 14.2. The van der Waals surface area contributed by atoms with Crippen molar-refractivity contribution in [1.29, 1.82) is 0 Å². The van der Waals surface area contributed by atoms with Crippen molar-refractivity contribution < 1.29 is 18.6 Å². The smallest absolute Gasteiger partial charge is 0.300 e. The van der Waals surface area contributed by atoms with E-state index >= 15 is 0 Å². The third kappa shape index (κ3) is 5.59. The number of ether oxygens (including phenoxy) is 1. The van der Waals surface area contributed by atoms with E-state index < -0.39 is 11.5 Å². The summed E-state index contributed by atoms with van der Waals surface area (Å²) in [7, 11) is 1.63. The Kier molecular flexibility index (Phi) is 7.91. The van der Waals surface area contributed by atoms with Gasteiger partial charge in [0.15, 0.2) is 5.65 Å². The number of fused-ring (bicyclic) bond motifs is 1. The molecule has 1 saturated heterocycles. The van der Waals surface area contributed by atoms with Crippen molar-refractivity contribution in [2.45, 2.75) is 83.9 Å². The Balaban J connectivity index is 1.68. The number of hydrogen-bond acceptors (Lipinski definition) is 7. The maximum Gasteiger partial charge on any atom is 0.300 e. The summed E-state index contributed by atoms with van der Waals surface area (Å²) in [4.78, 5) is 16.4. The Morgan fingerprint density at radius 2 is 1.76 bits per heavy atom. The van der Waals surface area contributed by atoms with E-state index in [1.807, 2.05) is 6.92 Å². The second-order valence-corrected chi connectivity index (χ2v) is 11.1. The summed E-state index contributed by atoms with van der Waals surface area (Å²) in [6.07, 6.45) is 2.02. The molecule has 0 saturated carbocycles. The summed E-state index contributed by atoms with van der Waals surface area (Å²) in [5.41, 5.74) is -0.206. The fraction of sp³-hybridized carbons (Fsp3) is 0.552. The van der Waals surface area contributed by atoms with Gasteiger partial charge in [-0.1, -0.05) is 18.2 Å². The number of aryl methyl sites for hydroxylation is 1. The monoisotopic (exact) mass is 527 g/mol. The highest BCUT2D eigenvalue weighted by atomic mass is 19.3. The predicted molar refractivity (Wildman–Crippen MR) is 146 cm³/mol. The molecule has 9 heteroatoms. The minimum absolute atomic E-state index is 0.235. The molecule has 0 aliphatic carbocycles. The Morgan fingerprint density at radius 3 is 2.37 bits per heavy atom. The van der Waals surface area contributed by atoms with Crippen molar-refractivity contribution in [3.05, 3.63) is 52.8 Å². The van der Waals surface area contributed by atoms with E-state index in [0.29, 0.717) is 40.7 Å². The number of nitrogens with zero attached hydrogens (tertiary/aromatic N) is 4. The summed E-state index contributed by atoms with van der Waals surface area (Å²) in [5.74, 6) is -1.37. The van der Waals surface area contributed by atoms with Crippen LogP contribution in [0, 0.1) is 6.92 Å². The molecular weight excluding hydrogens is 488 g/mol. The minimum Gasteiger partial charge on any atom is -0.481 e. The van der Waals surface area contributed by atoms with Crippen molar-refractivity contribution in [2.24, 2.45) is 0 Å². The molecule has 0 amide bonds. The predicted octanol–water partition coefficient (Wildman–Crippen LogP) is 5.97. The van der Waals surface area contributed by atoms with E-state index in [4.69, 9.17) is 9.72 Å². The molecule has 1 aliphatic rings. The highest BCUT2D eigenvalue weighted by Gasteiger charge is 2.47. The van der Waals surface area contributed by atoms with Gasteiger partial charge in [0.25, 0.3) is 0 Å². The zero-order valence-electron chi connectivity index (χ0n) is 23.3. The lowest BCUT2D eigenvalue weighted by molar-refractivity contribution is -0.168. The number of aliphatic hydroxyl groups is 1. The number of likely N-dealkylation sites (tertiary alicyclic amines) is 1. The topological polar surface area (TPSA) is 83.4 Å². The number of piperidine rings is 1. The molecule has 0 spiro atoms. The number of benzene rings is 1. The van der Waals surface area contributed by atoms with Gasteiger partial charge in [0, 0.05) is 23.2 Å². The van der Waals surface area contributed by atoms with Crippen molar-refractivity contribution in [2.75, 3.05) is 25.5 Å². The standard InChI is InChI=1S/C29H39F2N5O2/c1-17(2)36-13-11-20(12-14-36)23-16-24-25(33-19(4)34-26(24)35-27(23)38-7)32-18(3)21-9-8-10-22(15-21)29(30,31)28(5,6)37/h8-10,15-18,20,37H,11-14H2,1-7H3,(H,32,33,34,35)/t18-/m1/s1.